The van der Waals surface area contributed by atoms with Gasteiger partial charge in [0.2, 0.25) is 0 Å². The van der Waals surface area contributed by atoms with E-state index in [1.807, 2.05) is 12.1 Å². The van der Waals surface area contributed by atoms with Crippen LogP contribution in [-0.4, -0.2) is 5.11 Å². The lowest BCUT2D eigenvalue weighted by Gasteiger charge is -2.25. The summed E-state index contributed by atoms with van der Waals surface area (Å²) in [6.07, 6.45) is 0.137. The average Bonchev–Trinajstić information content (AvgIpc) is 2.31. The van der Waals surface area contributed by atoms with Crippen LogP contribution in [0, 0.1) is 11.6 Å². The molecule has 100 valence electrons. The van der Waals surface area contributed by atoms with Gasteiger partial charge in [-0.2, -0.15) is 0 Å². The largest absolute Gasteiger partial charge is 0.385 e. The fraction of sp³-hybridized carbons (Fsp3) is 0.200. The summed E-state index contributed by atoms with van der Waals surface area (Å²) >= 11 is 3.31. The van der Waals surface area contributed by atoms with Gasteiger partial charge in [-0.1, -0.05) is 34.1 Å². The monoisotopic (exact) mass is 326 g/mol. The lowest BCUT2D eigenvalue weighted by molar-refractivity contribution is 0.0497. The van der Waals surface area contributed by atoms with Crippen molar-refractivity contribution >= 4 is 15.9 Å². The number of benzene rings is 2. The summed E-state index contributed by atoms with van der Waals surface area (Å²) in [6.45, 7) is 1.41. The zero-order valence-corrected chi connectivity index (χ0v) is 11.9. The van der Waals surface area contributed by atoms with Gasteiger partial charge in [-0.3, -0.25) is 0 Å². The molecule has 19 heavy (non-hydrogen) atoms. The summed E-state index contributed by atoms with van der Waals surface area (Å²) in [5.74, 6) is -1.47. The third-order valence-corrected chi connectivity index (χ3v) is 3.49. The molecule has 0 bridgehead atoms. The third-order valence-electron chi connectivity index (χ3n) is 2.96. The van der Waals surface area contributed by atoms with Crippen LogP contribution in [0.15, 0.2) is 46.9 Å². The molecule has 0 spiro atoms. The van der Waals surface area contributed by atoms with Crippen LogP contribution in [0.1, 0.15) is 18.1 Å². The Bertz CT molecular complexity index is 559. The molecule has 1 N–H and O–H groups in total. The standard InChI is InChI=1S/C15H13BrF2O/c1-15(19,9-10-5-7-11(16)8-6-10)14-12(17)3-2-4-13(14)18/h2-8,19H,9H2,1H3. The van der Waals surface area contributed by atoms with E-state index in [4.69, 9.17) is 0 Å². The van der Waals surface area contributed by atoms with E-state index in [-0.39, 0.29) is 12.0 Å². The maximum absolute atomic E-state index is 13.7. The molecule has 1 unspecified atom stereocenters. The van der Waals surface area contributed by atoms with Crippen LogP contribution in [0.2, 0.25) is 0 Å². The van der Waals surface area contributed by atoms with Crippen molar-refractivity contribution in [1.29, 1.82) is 0 Å². The molecule has 0 aromatic heterocycles. The predicted molar refractivity (Wildman–Crippen MR) is 73.8 cm³/mol. The van der Waals surface area contributed by atoms with Gasteiger partial charge in [0, 0.05) is 10.9 Å². The Labute approximate surface area is 119 Å². The summed E-state index contributed by atoms with van der Waals surface area (Å²) < 4.78 is 28.3. The Morgan fingerprint density at radius 2 is 1.58 bits per heavy atom. The molecule has 2 aromatic rings. The molecule has 0 saturated heterocycles. The summed E-state index contributed by atoms with van der Waals surface area (Å²) in [5, 5.41) is 10.4. The molecule has 4 heteroatoms. The van der Waals surface area contributed by atoms with E-state index in [2.05, 4.69) is 15.9 Å². The minimum Gasteiger partial charge on any atom is -0.385 e. The van der Waals surface area contributed by atoms with E-state index in [1.165, 1.54) is 13.0 Å². The van der Waals surface area contributed by atoms with E-state index in [0.717, 1.165) is 22.2 Å². The molecule has 0 heterocycles. The number of hydrogen-bond donors (Lipinski definition) is 1. The van der Waals surface area contributed by atoms with Crippen molar-refractivity contribution in [2.24, 2.45) is 0 Å². The smallest absolute Gasteiger partial charge is 0.132 e. The van der Waals surface area contributed by atoms with Crippen LogP contribution in [0.25, 0.3) is 0 Å². The van der Waals surface area contributed by atoms with Crippen molar-refractivity contribution in [1.82, 2.24) is 0 Å². The molecular formula is C15H13BrF2O. The highest BCUT2D eigenvalue weighted by atomic mass is 79.9. The van der Waals surface area contributed by atoms with Gasteiger partial charge in [0.05, 0.1) is 11.2 Å². The summed E-state index contributed by atoms with van der Waals surface area (Å²) in [7, 11) is 0. The minimum absolute atomic E-state index is 0.137. The van der Waals surface area contributed by atoms with Gasteiger partial charge in [0.25, 0.3) is 0 Å². The molecule has 0 radical (unpaired) electrons. The Morgan fingerprint density at radius 1 is 1.05 bits per heavy atom. The fourth-order valence-corrected chi connectivity index (χ4v) is 2.36. The van der Waals surface area contributed by atoms with Crippen molar-refractivity contribution < 1.29 is 13.9 Å². The second-order valence-electron chi connectivity index (χ2n) is 4.67. The molecule has 0 aliphatic carbocycles. The van der Waals surface area contributed by atoms with Crippen molar-refractivity contribution in [2.75, 3.05) is 0 Å². The van der Waals surface area contributed by atoms with Crippen LogP contribution < -0.4 is 0 Å². The third kappa shape index (κ3) is 3.19. The highest BCUT2D eigenvalue weighted by molar-refractivity contribution is 9.10. The normalized spacial score (nSPS) is 14.2. The summed E-state index contributed by atoms with van der Waals surface area (Å²) in [4.78, 5) is 0. The van der Waals surface area contributed by atoms with Crippen LogP contribution in [0.5, 0.6) is 0 Å². The minimum atomic E-state index is -1.59. The molecule has 2 rings (SSSR count). The second-order valence-corrected chi connectivity index (χ2v) is 5.59. The molecule has 0 saturated carbocycles. The second kappa shape index (κ2) is 5.39. The van der Waals surface area contributed by atoms with Gasteiger partial charge in [0.15, 0.2) is 0 Å². The lowest BCUT2D eigenvalue weighted by Crippen LogP contribution is -2.27. The van der Waals surface area contributed by atoms with E-state index in [0.29, 0.717) is 0 Å². The predicted octanol–water partition coefficient (Wildman–Crippen LogP) is 4.18. The zero-order chi connectivity index (χ0) is 14.0. The Kier molecular flexibility index (Phi) is 4.02. The number of hydrogen-bond acceptors (Lipinski definition) is 1. The first-order valence-electron chi connectivity index (χ1n) is 5.81. The maximum atomic E-state index is 13.7. The number of rotatable bonds is 3. The van der Waals surface area contributed by atoms with Crippen molar-refractivity contribution in [3.8, 4) is 0 Å². The van der Waals surface area contributed by atoms with Gasteiger partial charge >= 0.3 is 0 Å². The Balaban J connectivity index is 2.34. The van der Waals surface area contributed by atoms with Crippen molar-refractivity contribution in [3.63, 3.8) is 0 Å². The average molecular weight is 327 g/mol. The molecule has 0 aliphatic heterocycles. The number of halogens is 3. The Morgan fingerprint density at radius 3 is 2.11 bits per heavy atom. The van der Waals surface area contributed by atoms with E-state index in [1.54, 1.807) is 12.1 Å². The molecule has 0 aliphatic rings. The quantitative estimate of drug-likeness (QED) is 0.897. The van der Waals surface area contributed by atoms with Gasteiger partial charge in [-0.25, -0.2) is 8.78 Å². The SMILES string of the molecule is CC(O)(Cc1ccc(Br)cc1)c1c(F)cccc1F. The molecule has 2 aromatic carbocycles. The Hall–Kier alpha value is -1.26. The molecule has 0 fully saturated rings. The zero-order valence-electron chi connectivity index (χ0n) is 10.3. The first-order valence-corrected chi connectivity index (χ1v) is 6.61. The summed E-state index contributed by atoms with van der Waals surface area (Å²) in [5.41, 5.74) is -1.09. The molecule has 1 atom stereocenters. The van der Waals surface area contributed by atoms with Crippen LogP contribution >= 0.6 is 15.9 Å². The van der Waals surface area contributed by atoms with E-state index < -0.39 is 17.2 Å². The number of aliphatic hydroxyl groups is 1. The van der Waals surface area contributed by atoms with Crippen molar-refractivity contribution in [3.05, 3.63) is 69.7 Å². The topological polar surface area (TPSA) is 20.2 Å². The highest BCUT2D eigenvalue weighted by Crippen LogP contribution is 2.30. The molecule has 1 nitrogen and oxygen atoms in total. The first-order chi connectivity index (χ1) is 8.90. The van der Waals surface area contributed by atoms with Gasteiger partial charge < -0.3 is 5.11 Å². The first kappa shape index (κ1) is 14.2. The van der Waals surface area contributed by atoms with Crippen LogP contribution in [0.4, 0.5) is 8.78 Å². The van der Waals surface area contributed by atoms with Crippen molar-refractivity contribution in [2.45, 2.75) is 18.9 Å². The van der Waals surface area contributed by atoms with E-state index in [9.17, 15) is 13.9 Å². The van der Waals surface area contributed by atoms with Gasteiger partial charge in [-0.15, -0.1) is 0 Å². The lowest BCUT2D eigenvalue weighted by atomic mass is 9.88. The molecule has 0 amide bonds. The van der Waals surface area contributed by atoms with Gasteiger partial charge in [-0.05, 0) is 36.8 Å². The highest BCUT2D eigenvalue weighted by Gasteiger charge is 2.30. The van der Waals surface area contributed by atoms with Crippen LogP contribution in [0.3, 0.4) is 0 Å². The maximum Gasteiger partial charge on any atom is 0.132 e. The fourth-order valence-electron chi connectivity index (χ4n) is 2.10. The van der Waals surface area contributed by atoms with Gasteiger partial charge in [0.1, 0.15) is 11.6 Å². The summed E-state index contributed by atoms with van der Waals surface area (Å²) in [6, 6.07) is 10.8. The van der Waals surface area contributed by atoms with E-state index >= 15 is 0 Å². The van der Waals surface area contributed by atoms with Crippen LogP contribution in [-0.2, 0) is 12.0 Å². The molecular weight excluding hydrogens is 314 g/mol.